The summed E-state index contributed by atoms with van der Waals surface area (Å²) in [6.45, 7) is 1.77. The minimum atomic E-state index is -3.85. The summed E-state index contributed by atoms with van der Waals surface area (Å²) in [4.78, 5) is -0.0890. The lowest BCUT2D eigenvalue weighted by Gasteiger charge is -2.11. The molecular weight excluding hydrogens is 472 g/mol. The third-order valence-electron chi connectivity index (χ3n) is 2.41. The average molecular weight is 485 g/mol. The van der Waals surface area contributed by atoms with E-state index in [-0.39, 0.29) is 23.0 Å². The molecule has 0 aliphatic heterocycles. The Labute approximate surface area is 145 Å². The molecule has 0 radical (unpaired) electrons. The Morgan fingerprint density at radius 1 is 1.10 bits per heavy atom. The minimum absolute atomic E-state index is 0.0213. The number of sulfone groups is 1. The predicted molar refractivity (Wildman–Crippen MR) is 89.3 cm³/mol. The molecule has 21 heavy (non-hydrogen) atoms. The van der Waals surface area contributed by atoms with Crippen molar-refractivity contribution in [2.24, 2.45) is 0 Å². The van der Waals surface area contributed by atoms with Gasteiger partial charge in [-0.3, -0.25) is 0 Å². The second-order valence-corrected chi connectivity index (χ2v) is 10.7. The lowest BCUT2D eigenvalue weighted by molar-refractivity contribution is 0.336. The summed E-state index contributed by atoms with van der Waals surface area (Å²) >= 11 is 6.35. The largest absolute Gasteiger partial charge is 0.490 e. The van der Waals surface area contributed by atoms with E-state index >= 15 is 0 Å². The van der Waals surface area contributed by atoms with Gasteiger partial charge in [-0.2, -0.15) is 0 Å². The van der Waals surface area contributed by atoms with Gasteiger partial charge in [0.1, 0.15) is 12.4 Å². The molecule has 0 aliphatic rings. The lowest BCUT2D eigenvalue weighted by Crippen LogP contribution is -2.17. The van der Waals surface area contributed by atoms with E-state index in [0.717, 1.165) is 0 Å². The summed E-state index contributed by atoms with van der Waals surface area (Å²) in [6, 6.07) is 2.59. The molecule has 1 aromatic rings. The highest BCUT2D eigenvalue weighted by molar-refractivity contribution is 9.11. The first kappa shape index (κ1) is 19.2. The van der Waals surface area contributed by atoms with Gasteiger partial charge in [0, 0.05) is 10.7 Å². The zero-order valence-corrected chi connectivity index (χ0v) is 16.5. The van der Waals surface area contributed by atoms with Crippen LogP contribution < -0.4 is 4.74 Å². The van der Waals surface area contributed by atoms with Crippen molar-refractivity contribution in [1.29, 1.82) is 0 Å². The van der Waals surface area contributed by atoms with Crippen molar-refractivity contribution >= 4 is 61.4 Å². The maximum Gasteiger partial charge on any atom is 0.261 e. The summed E-state index contributed by atoms with van der Waals surface area (Å²) in [5, 5.41) is 0. The number of ether oxygens (including phenoxy) is 1. The van der Waals surface area contributed by atoms with Gasteiger partial charge in [0.15, 0.2) is 9.84 Å². The Morgan fingerprint density at radius 3 is 2.05 bits per heavy atom. The van der Waals surface area contributed by atoms with Crippen LogP contribution in [0.3, 0.4) is 0 Å². The van der Waals surface area contributed by atoms with E-state index in [0.29, 0.717) is 21.1 Å². The molecule has 0 saturated heterocycles. The normalized spacial score (nSPS) is 12.4. The first-order chi connectivity index (χ1) is 9.57. The molecular formula is C11H13Br2ClO5S2. The van der Waals surface area contributed by atoms with Gasteiger partial charge in [0.25, 0.3) is 9.05 Å². The van der Waals surface area contributed by atoms with Crippen LogP contribution in [-0.4, -0.2) is 34.9 Å². The number of hydrogen-bond donors (Lipinski definition) is 0. The molecule has 5 nitrogen and oxygen atoms in total. The van der Waals surface area contributed by atoms with Gasteiger partial charge in [-0.25, -0.2) is 16.8 Å². The molecule has 10 heteroatoms. The van der Waals surface area contributed by atoms with Crippen LogP contribution in [0.2, 0.25) is 0 Å². The molecule has 0 aromatic heterocycles. The quantitative estimate of drug-likeness (QED) is 0.555. The van der Waals surface area contributed by atoms with E-state index in [2.05, 4.69) is 31.9 Å². The van der Waals surface area contributed by atoms with Gasteiger partial charge in [0.2, 0.25) is 0 Å². The second-order valence-electron chi connectivity index (χ2n) is 4.15. The molecule has 0 unspecified atom stereocenters. The van der Waals surface area contributed by atoms with Gasteiger partial charge in [0.05, 0.1) is 25.3 Å². The van der Waals surface area contributed by atoms with Crippen molar-refractivity contribution in [3.05, 3.63) is 21.1 Å². The molecule has 1 aromatic carbocycles. The number of halogens is 3. The van der Waals surface area contributed by atoms with Crippen molar-refractivity contribution in [1.82, 2.24) is 0 Å². The fourth-order valence-electron chi connectivity index (χ4n) is 1.50. The summed E-state index contributed by atoms with van der Waals surface area (Å²) in [5.74, 6) is 0.336. The maximum absolute atomic E-state index is 11.6. The summed E-state index contributed by atoms with van der Waals surface area (Å²) < 4.78 is 51.8. The maximum atomic E-state index is 11.6. The van der Waals surface area contributed by atoms with Crippen molar-refractivity contribution in [3.8, 4) is 5.75 Å². The molecule has 1 rings (SSSR count). The zero-order valence-electron chi connectivity index (χ0n) is 11.0. The zero-order chi connectivity index (χ0) is 16.3. The Hall–Kier alpha value is 0.170. The third-order valence-corrected chi connectivity index (χ3v) is 6.74. The van der Waals surface area contributed by atoms with Gasteiger partial charge in [-0.1, -0.05) is 6.92 Å². The van der Waals surface area contributed by atoms with E-state index in [9.17, 15) is 16.8 Å². The Balaban J connectivity index is 2.87. The fraction of sp³-hybridized carbons (Fsp3) is 0.455. The first-order valence-electron chi connectivity index (χ1n) is 5.84. The van der Waals surface area contributed by atoms with Crippen LogP contribution in [-0.2, 0) is 18.9 Å². The van der Waals surface area contributed by atoms with Gasteiger partial charge in [-0.05, 0) is 50.4 Å². The second kappa shape index (κ2) is 7.63. The van der Waals surface area contributed by atoms with Crippen LogP contribution >= 0.6 is 42.5 Å². The third kappa shape index (κ3) is 6.05. The van der Waals surface area contributed by atoms with E-state index in [4.69, 9.17) is 15.4 Å². The summed E-state index contributed by atoms with van der Waals surface area (Å²) in [5.41, 5.74) is 0. The number of hydrogen-bond acceptors (Lipinski definition) is 5. The highest BCUT2D eigenvalue weighted by atomic mass is 79.9. The molecule has 0 heterocycles. The molecule has 0 bridgehead atoms. The summed E-state index contributed by atoms with van der Waals surface area (Å²) in [6.07, 6.45) is 0.554. The van der Waals surface area contributed by atoms with Gasteiger partial charge < -0.3 is 4.74 Å². The van der Waals surface area contributed by atoms with E-state index in [1.165, 1.54) is 12.1 Å². The minimum Gasteiger partial charge on any atom is -0.490 e. The van der Waals surface area contributed by atoms with Crippen molar-refractivity contribution in [2.45, 2.75) is 18.2 Å². The molecule has 120 valence electrons. The number of benzene rings is 1. The first-order valence-corrected chi connectivity index (χ1v) is 11.6. The molecule has 0 saturated carbocycles. The van der Waals surface area contributed by atoms with Crippen molar-refractivity contribution in [3.63, 3.8) is 0 Å². The van der Waals surface area contributed by atoms with Gasteiger partial charge in [-0.15, -0.1) is 0 Å². The summed E-state index contributed by atoms with van der Waals surface area (Å²) in [7, 11) is -1.72. The highest BCUT2D eigenvalue weighted by Crippen LogP contribution is 2.36. The predicted octanol–water partition coefficient (Wildman–Crippen LogP) is 3.34. The number of rotatable bonds is 7. The highest BCUT2D eigenvalue weighted by Gasteiger charge is 2.17. The van der Waals surface area contributed by atoms with Crippen LogP contribution in [0, 0.1) is 0 Å². The average Bonchev–Trinajstić information content (AvgIpc) is 2.31. The van der Waals surface area contributed by atoms with E-state index in [1.807, 2.05) is 0 Å². The smallest absolute Gasteiger partial charge is 0.261 e. The monoisotopic (exact) mass is 482 g/mol. The van der Waals surface area contributed by atoms with E-state index < -0.39 is 18.9 Å². The fourth-order valence-corrected chi connectivity index (χ4v) is 5.17. The van der Waals surface area contributed by atoms with Crippen LogP contribution in [0.4, 0.5) is 0 Å². The van der Waals surface area contributed by atoms with Crippen molar-refractivity contribution in [2.75, 3.05) is 18.1 Å². The van der Waals surface area contributed by atoms with Crippen molar-refractivity contribution < 1.29 is 21.6 Å². The Bertz CT molecular complexity index is 693. The Kier molecular flexibility index (Phi) is 6.98. The van der Waals surface area contributed by atoms with Crippen LogP contribution in [0.25, 0.3) is 0 Å². The van der Waals surface area contributed by atoms with E-state index in [1.54, 1.807) is 6.92 Å². The van der Waals surface area contributed by atoms with Crippen LogP contribution in [0.1, 0.15) is 13.3 Å². The molecule has 0 amide bonds. The molecule has 0 spiro atoms. The van der Waals surface area contributed by atoms with Crippen LogP contribution in [0.15, 0.2) is 26.0 Å². The van der Waals surface area contributed by atoms with Crippen LogP contribution in [0.5, 0.6) is 5.75 Å². The molecule has 0 N–H and O–H groups in total. The SMILES string of the molecule is CCCS(=O)(=O)CCOc1c(Br)cc(S(=O)(=O)Cl)cc1Br. The van der Waals surface area contributed by atoms with Gasteiger partial charge >= 0.3 is 0 Å². The Morgan fingerprint density at radius 2 is 1.62 bits per heavy atom. The molecule has 0 aliphatic carbocycles. The molecule has 0 fully saturated rings. The topological polar surface area (TPSA) is 77.5 Å². The molecule has 0 atom stereocenters. The standard InChI is InChI=1S/C11H13Br2ClO5S2/c1-2-4-20(15,16)5-3-19-11-9(12)6-8(7-10(11)13)21(14,17)18/h6-7H,2-5H2,1H3. The lowest BCUT2D eigenvalue weighted by atomic mass is 10.3.